The van der Waals surface area contributed by atoms with Crippen LogP contribution >= 0.6 is 0 Å². The highest BCUT2D eigenvalue weighted by atomic mass is 16.5. The van der Waals surface area contributed by atoms with Gasteiger partial charge in [-0.2, -0.15) is 0 Å². The van der Waals surface area contributed by atoms with E-state index in [1.807, 2.05) is 61.7 Å². The van der Waals surface area contributed by atoms with E-state index in [9.17, 15) is 4.79 Å². The third-order valence-electron chi connectivity index (χ3n) is 7.55. The minimum Gasteiger partial charge on any atom is -0.497 e. The van der Waals surface area contributed by atoms with Crippen LogP contribution in [0.25, 0.3) is 11.1 Å². The maximum absolute atomic E-state index is 12.7. The molecule has 7 heteroatoms. The summed E-state index contributed by atoms with van der Waals surface area (Å²) in [7, 11) is 1.62. The number of rotatable bonds is 10. The number of hydrogen-bond acceptors (Lipinski definition) is 6. The van der Waals surface area contributed by atoms with Crippen molar-refractivity contribution in [3.05, 3.63) is 102 Å². The molecule has 0 radical (unpaired) electrons. The van der Waals surface area contributed by atoms with E-state index >= 15 is 0 Å². The third-order valence-corrected chi connectivity index (χ3v) is 7.55. The van der Waals surface area contributed by atoms with Gasteiger partial charge in [-0.05, 0) is 84.6 Å². The summed E-state index contributed by atoms with van der Waals surface area (Å²) in [6, 6.07) is 24.0. The first kappa shape index (κ1) is 28.2. The lowest BCUT2D eigenvalue weighted by Gasteiger charge is -2.36. The first-order valence-electron chi connectivity index (χ1n) is 14.3. The fourth-order valence-corrected chi connectivity index (χ4v) is 5.22. The Balaban J connectivity index is 1.16. The van der Waals surface area contributed by atoms with Gasteiger partial charge in [-0.15, -0.1) is 0 Å². The lowest BCUT2D eigenvalue weighted by Crippen LogP contribution is -2.46. The SMILES string of the molecule is CCOc1cncc(-c2ccc(CN3CCN(c4ccc(C(=O)Nc5ccc(OC)cc5)cc4)CC3)c(CC)c2)c1. The minimum atomic E-state index is -0.123. The molecule has 7 nitrogen and oxygen atoms in total. The molecule has 1 aromatic heterocycles. The van der Waals surface area contributed by atoms with Crippen LogP contribution < -0.4 is 19.7 Å². The lowest BCUT2D eigenvalue weighted by atomic mass is 9.98. The summed E-state index contributed by atoms with van der Waals surface area (Å²) in [5.74, 6) is 1.44. The van der Waals surface area contributed by atoms with E-state index in [0.29, 0.717) is 12.2 Å². The maximum atomic E-state index is 12.7. The normalized spacial score (nSPS) is 13.6. The predicted molar refractivity (Wildman–Crippen MR) is 165 cm³/mol. The lowest BCUT2D eigenvalue weighted by molar-refractivity contribution is 0.102. The molecular formula is C34H38N4O3. The number of pyridine rings is 1. The maximum Gasteiger partial charge on any atom is 0.255 e. The number of carbonyl (C=O) groups is 1. The number of nitrogens with one attached hydrogen (secondary N) is 1. The zero-order chi connectivity index (χ0) is 28.6. The van der Waals surface area contributed by atoms with Gasteiger partial charge < -0.3 is 19.7 Å². The Morgan fingerprint density at radius 1 is 0.829 bits per heavy atom. The Bertz CT molecular complexity index is 1450. The van der Waals surface area contributed by atoms with Crippen molar-refractivity contribution in [2.24, 2.45) is 0 Å². The molecule has 1 fully saturated rings. The molecule has 1 aliphatic rings. The molecule has 1 amide bonds. The van der Waals surface area contributed by atoms with Crippen LogP contribution in [0.3, 0.4) is 0 Å². The van der Waals surface area contributed by atoms with Crippen LogP contribution in [0.2, 0.25) is 0 Å². The van der Waals surface area contributed by atoms with Crippen molar-refractivity contribution in [2.45, 2.75) is 26.8 Å². The Morgan fingerprint density at radius 2 is 1.59 bits per heavy atom. The predicted octanol–water partition coefficient (Wildman–Crippen LogP) is 6.29. The van der Waals surface area contributed by atoms with Crippen molar-refractivity contribution >= 4 is 17.3 Å². The van der Waals surface area contributed by atoms with Gasteiger partial charge in [0.05, 0.1) is 19.9 Å². The molecule has 1 aliphatic heterocycles. The Labute approximate surface area is 242 Å². The fourth-order valence-electron chi connectivity index (χ4n) is 5.22. The number of ether oxygens (including phenoxy) is 2. The molecule has 1 N–H and O–H groups in total. The van der Waals surface area contributed by atoms with Gasteiger partial charge in [-0.1, -0.05) is 25.1 Å². The summed E-state index contributed by atoms with van der Waals surface area (Å²) in [4.78, 5) is 22.0. The van der Waals surface area contributed by atoms with Crippen LogP contribution in [-0.4, -0.2) is 55.7 Å². The van der Waals surface area contributed by atoms with E-state index in [0.717, 1.165) is 67.6 Å². The van der Waals surface area contributed by atoms with Crippen molar-refractivity contribution in [3.63, 3.8) is 0 Å². The smallest absolute Gasteiger partial charge is 0.255 e. The van der Waals surface area contributed by atoms with E-state index in [-0.39, 0.29) is 5.91 Å². The van der Waals surface area contributed by atoms with Gasteiger partial charge in [0.25, 0.3) is 5.91 Å². The summed E-state index contributed by atoms with van der Waals surface area (Å²) in [5.41, 5.74) is 7.53. The molecule has 0 aliphatic carbocycles. The molecule has 5 rings (SSSR count). The van der Waals surface area contributed by atoms with E-state index in [2.05, 4.69) is 51.3 Å². The molecule has 41 heavy (non-hydrogen) atoms. The Kier molecular flexibility index (Phi) is 9.16. The fraction of sp³-hybridized carbons (Fsp3) is 0.294. The molecule has 1 saturated heterocycles. The van der Waals surface area contributed by atoms with E-state index in [4.69, 9.17) is 9.47 Å². The van der Waals surface area contributed by atoms with Crippen LogP contribution in [0.5, 0.6) is 11.5 Å². The molecular weight excluding hydrogens is 512 g/mol. The average molecular weight is 551 g/mol. The number of carbonyl (C=O) groups excluding carboxylic acids is 1. The summed E-state index contributed by atoms with van der Waals surface area (Å²) in [6.07, 6.45) is 4.65. The van der Waals surface area contributed by atoms with Crippen molar-refractivity contribution < 1.29 is 14.3 Å². The topological polar surface area (TPSA) is 66.9 Å². The number of hydrogen-bond donors (Lipinski definition) is 1. The highest BCUT2D eigenvalue weighted by Gasteiger charge is 2.19. The van der Waals surface area contributed by atoms with Crippen LogP contribution in [0.4, 0.5) is 11.4 Å². The van der Waals surface area contributed by atoms with Gasteiger partial charge in [0.15, 0.2) is 0 Å². The van der Waals surface area contributed by atoms with Gasteiger partial charge in [0.1, 0.15) is 11.5 Å². The number of piperazine rings is 1. The van der Waals surface area contributed by atoms with Gasteiger partial charge in [0, 0.05) is 61.4 Å². The largest absolute Gasteiger partial charge is 0.497 e. The summed E-state index contributed by atoms with van der Waals surface area (Å²) >= 11 is 0. The molecule has 2 heterocycles. The van der Waals surface area contributed by atoms with Crippen LogP contribution in [0, 0.1) is 0 Å². The first-order chi connectivity index (χ1) is 20.1. The number of aromatic nitrogens is 1. The highest BCUT2D eigenvalue weighted by molar-refractivity contribution is 6.04. The molecule has 0 saturated carbocycles. The zero-order valence-electron chi connectivity index (χ0n) is 24.1. The summed E-state index contributed by atoms with van der Waals surface area (Å²) in [6.45, 7) is 9.66. The standard InChI is InChI=1S/C34H38N4O3/c1-4-25-20-27(29-21-33(41-5-2)23-35-22-29)6-7-28(25)24-37-16-18-38(19-17-37)31-12-8-26(9-13-31)34(39)36-30-10-14-32(40-3)15-11-30/h6-15,20-23H,4-5,16-19,24H2,1-3H3,(H,36,39). The number of nitrogens with zero attached hydrogens (tertiary/aromatic N) is 3. The summed E-state index contributed by atoms with van der Waals surface area (Å²) < 4.78 is 10.8. The second-order valence-electron chi connectivity index (χ2n) is 10.2. The van der Waals surface area contributed by atoms with Crippen molar-refractivity contribution in [2.75, 3.05) is 50.1 Å². The molecule has 0 bridgehead atoms. The average Bonchev–Trinajstić information content (AvgIpc) is 3.02. The van der Waals surface area contributed by atoms with Gasteiger partial charge in [-0.3, -0.25) is 14.7 Å². The minimum absolute atomic E-state index is 0.123. The van der Waals surface area contributed by atoms with Crippen molar-refractivity contribution in [1.82, 2.24) is 9.88 Å². The molecule has 0 spiro atoms. The first-order valence-corrected chi connectivity index (χ1v) is 14.3. The van der Waals surface area contributed by atoms with Crippen molar-refractivity contribution in [3.8, 4) is 22.6 Å². The number of amides is 1. The molecule has 4 aromatic rings. The summed E-state index contributed by atoms with van der Waals surface area (Å²) in [5, 5.41) is 2.94. The second-order valence-corrected chi connectivity index (χ2v) is 10.2. The number of aryl methyl sites for hydroxylation is 1. The third kappa shape index (κ3) is 7.05. The van der Waals surface area contributed by atoms with Gasteiger partial charge >= 0.3 is 0 Å². The Morgan fingerprint density at radius 3 is 2.27 bits per heavy atom. The molecule has 0 atom stereocenters. The van der Waals surface area contributed by atoms with Crippen LogP contribution in [0.1, 0.15) is 35.3 Å². The Hall–Kier alpha value is -4.36. The van der Waals surface area contributed by atoms with Crippen LogP contribution in [0.15, 0.2) is 85.2 Å². The van der Waals surface area contributed by atoms with Crippen molar-refractivity contribution in [1.29, 1.82) is 0 Å². The van der Waals surface area contributed by atoms with E-state index in [1.54, 1.807) is 13.3 Å². The second kappa shape index (κ2) is 13.3. The highest BCUT2D eigenvalue weighted by Crippen LogP contribution is 2.27. The van der Waals surface area contributed by atoms with Crippen LogP contribution in [-0.2, 0) is 13.0 Å². The molecule has 212 valence electrons. The quantitative estimate of drug-likeness (QED) is 0.250. The van der Waals surface area contributed by atoms with Gasteiger partial charge in [-0.25, -0.2) is 0 Å². The van der Waals surface area contributed by atoms with E-state index in [1.165, 1.54) is 16.7 Å². The molecule has 0 unspecified atom stereocenters. The number of methoxy groups -OCH3 is 1. The zero-order valence-corrected chi connectivity index (χ0v) is 24.1. The van der Waals surface area contributed by atoms with Gasteiger partial charge in [0.2, 0.25) is 0 Å². The van der Waals surface area contributed by atoms with E-state index < -0.39 is 0 Å². The molecule has 3 aromatic carbocycles. The monoisotopic (exact) mass is 550 g/mol. The number of anilines is 2. The number of benzene rings is 3.